The first-order valence-corrected chi connectivity index (χ1v) is 11.0. The predicted molar refractivity (Wildman–Crippen MR) is 126 cm³/mol. The number of nitrogens with zero attached hydrogens (tertiary/aromatic N) is 4. The number of aromatic nitrogens is 4. The number of carbonyl (C=O) groups is 2. The lowest BCUT2D eigenvalue weighted by molar-refractivity contribution is -0.142. The van der Waals surface area contributed by atoms with E-state index in [0.717, 1.165) is 19.2 Å². The van der Waals surface area contributed by atoms with Crippen LogP contribution in [0.25, 0.3) is 16.7 Å². The van der Waals surface area contributed by atoms with E-state index in [2.05, 4.69) is 25.7 Å². The van der Waals surface area contributed by atoms with Gasteiger partial charge in [0.15, 0.2) is 17.3 Å². The van der Waals surface area contributed by atoms with Crippen molar-refractivity contribution in [1.82, 2.24) is 25.1 Å². The minimum absolute atomic E-state index is 0.0225. The van der Waals surface area contributed by atoms with Gasteiger partial charge in [0.05, 0.1) is 28.9 Å². The summed E-state index contributed by atoms with van der Waals surface area (Å²) in [6.45, 7) is 0. The Kier molecular flexibility index (Phi) is 7.12. The van der Waals surface area contributed by atoms with Crippen LogP contribution in [-0.4, -0.2) is 45.7 Å². The molecule has 0 aliphatic carbocycles. The summed E-state index contributed by atoms with van der Waals surface area (Å²) in [4.78, 5) is 33.4. The van der Waals surface area contributed by atoms with Gasteiger partial charge in [-0.3, -0.25) is 9.59 Å². The number of nitrogens with one attached hydrogen (secondary N) is 2. The van der Waals surface area contributed by atoms with Gasteiger partial charge in [0.2, 0.25) is 0 Å². The maximum absolute atomic E-state index is 13.5. The van der Waals surface area contributed by atoms with Crippen LogP contribution < -0.4 is 15.4 Å². The zero-order valence-corrected chi connectivity index (χ0v) is 20.5. The van der Waals surface area contributed by atoms with E-state index in [9.17, 15) is 35.9 Å². The fraction of sp³-hybridized carbons (Fsp3) is 0.174. The fourth-order valence-electron chi connectivity index (χ4n) is 3.60. The Morgan fingerprint density at radius 2 is 1.69 bits per heavy atom. The Balaban J connectivity index is 1.91. The summed E-state index contributed by atoms with van der Waals surface area (Å²) in [5, 5.41) is 7.88. The Labute approximate surface area is 219 Å². The van der Waals surface area contributed by atoms with Crippen molar-refractivity contribution in [2.45, 2.75) is 12.4 Å². The highest BCUT2D eigenvalue weighted by Crippen LogP contribution is 2.39. The van der Waals surface area contributed by atoms with Gasteiger partial charge in [-0.2, -0.15) is 31.4 Å². The number of pyridine rings is 2. The van der Waals surface area contributed by atoms with Crippen molar-refractivity contribution in [3.63, 3.8) is 0 Å². The fourth-order valence-corrected chi connectivity index (χ4v) is 3.81. The van der Waals surface area contributed by atoms with E-state index in [-0.39, 0.29) is 38.7 Å². The molecule has 9 nitrogen and oxygen atoms in total. The molecule has 0 saturated carbocycles. The van der Waals surface area contributed by atoms with Crippen molar-refractivity contribution in [1.29, 1.82) is 0 Å². The molecule has 0 aliphatic rings. The molecule has 3 aromatic heterocycles. The first-order valence-electron chi connectivity index (χ1n) is 10.7. The first-order chi connectivity index (χ1) is 18.3. The predicted octanol–water partition coefficient (Wildman–Crippen LogP) is 5.13. The molecule has 16 heteroatoms. The van der Waals surface area contributed by atoms with E-state index in [1.807, 2.05) is 0 Å². The minimum Gasteiger partial charge on any atom is -0.494 e. The SMILES string of the molecule is CNC(=O)c1cc2nc(C(F)(F)F)ccc2c(OC)c1NC(=O)c1cc(C(F)(F)F)nn1-c1ncccc1Cl. The highest BCUT2D eigenvalue weighted by molar-refractivity contribution is 6.32. The maximum atomic E-state index is 13.5. The lowest BCUT2D eigenvalue weighted by Crippen LogP contribution is -2.23. The van der Waals surface area contributed by atoms with Crippen LogP contribution in [0.3, 0.4) is 0 Å². The zero-order valence-electron chi connectivity index (χ0n) is 19.7. The van der Waals surface area contributed by atoms with E-state index in [1.54, 1.807) is 0 Å². The normalized spacial score (nSPS) is 11.9. The van der Waals surface area contributed by atoms with Gasteiger partial charge in [-0.1, -0.05) is 11.6 Å². The number of hydrogen-bond donors (Lipinski definition) is 2. The second kappa shape index (κ2) is 10.1. The van der Waals surface area contributed by atoms with Crippen LogP contribution in [0.5, 0.6) is 5.75 Å². The van der Waals surface area contributed by atoms with Gasteiger partial charge in [-0.15, -0.1) is 0 Å². The average molecular weight is 573 g/mol. The van der Waals surface area contributed by atoms with Gasteiger partial charge in [-0.05, 0) is 30.3 Å². The monoisotopic (exact) mass is 572 g/mol. The molecule has 0 unspecified atom stereocenters. The molecule has 0 saturated heterocycles. The number of carbonyl (C=O) groups excluding carboxylic acids is 2. The van der Waals surface area contributed by atoms with Crippen molar-refractivity contribution in [3.05, 3.63) is 70.3 Å². The number of anilines is 1. The second-order valence-electron chi connectivity index (χ2n) is 7.76. The van der Waals surface area contributed by atoms with Gasteiger partial charge in [0, 0.05) is 24.7 Å². The third kappa shape index (κ3) is 5.30. The van der Waals surface area contributed by atoms with E-state index in [4.69, 9.17) is 16.3 Å². The number of halogens is 7. The molecule has 0 bridgehead atoms. The van der Waals surface area contributed by atoms with Crippen LogP contribution in [0.1, 0.15) is 32.2 Å². The summed E-state index contributed by atoms with van der Waals surface area (Å²) < 4.78 is 86.0. The molecule has 1 aromatic carbocycles. The summed E-state index contributed by atoms with van der Waals surface area (Å²) in [7, 11) is 2.34. The third-order valence-electron chi connectivity index (χ3n) is 5.32. The molecule has 3 heterocycles. The number of benzene rings is 1. The average Bonchev–Trinajstić information content (AvgIpc) is 3.33. The van der Waals surface area contributed by atoms with Crippen LogP contribution >= 0.6 is 11.6 Å². The van der Waals surface area contributed by atoms with Gasteiger partial charge < -0.3 is 15.4 Å². The van der Waals surface area contributed by atoms with Crippen LogP contribution in [0.2, 0.25) is 5.02 Å². The summed E-state index contributed by atoms with van der Waals surface area (Å²) in [5.74, 6) is -2.61. The minimum atomic E-state index is -4.95. The first kappa shape index (κ1) is 27.6. The molecule has 0 radical (unpaired) electrons. The topological polar surface area (TPSA) is 111 Å². The molecule has 0 spiro atoms. The third-order valence-corrected chi connectivity index (χ3v) is 5.62. The molecular weight excluding hydrogens is 558 g/mol. The Bertz CT molecular complexity index is 1600. The number of amides is 2. The summed E-state index contributed by atoms with van der Waals surface area (Å²) in [6.07, 6.45) is -8.52. The molecule has 2 amide bonds. The van der Waals surface area contributed by atoms with E-state index < -0.39 is 41.2 Å². The molecular formula is C23H15ClF6N6O3. The Morgan fingerprint density at radius 1 is 1.00 bits per heavy atom. The lowest BCUT2D eigenvalue weighted by Gasteiger charge is -2.18. The number of ether oxygens (including phenoxy) is 1. The largest absolute Gasteiger partial charge is 0.494 e. The van der Waals surface area contributed by atoms with E-state index in [1.165, 1.54) is 25.4 Å². The van der Waals surface area contributed by atoms with Gasteiger partial charge in [0.25, 0.3) is 11.8 Å². The Morgan fingerprint density at radius 3 is 2.28 bits per heavy atom. The number of rotatable bonds is 5. The van der Waals surface area contributed by atoms with Crippen molar-refractivity contribution in [2.75, 3.05) is 19.5 Å². The Hall–Kier alpha value is -4.40. The number of hydrogen-bond acceptors (Lipinski definition) is 6. The van der Waals surface area contributed by atoms with Gasteiger partial charge in [0.1, 0.15) is 11.4 Å². The molecule has 0 atom stereocenters. The molecule has 4 aromatic rings. The molecule has 39 heavy (non-hydrogen) atoms. The van der Waals surface area contributed by atoms with Crippen LogP contribution in [0, 0.1) is 0 Å². The highest BCUT2D eigenvalue weighted by atomic mass is 35.5. The summed E-state index contributed by atoms with van der Waals surface area (Å²) in [5.41, 5.74) is -4.35. The summed E-state index contributed by atoms with van der Waals surface area (Å²) >= 11 is 6.07. The van der Waals surface area contributed by atoms with Crippen LogP contribution in [-0.2, 0) is 12.4 Å². The molecule has 2 N–H and O–H groups in total. The second-order valence-corrected chi connectivity index (χ2v) is 8.17. The quantitative estimate of drug-likeness (QED) is 0.321. The maximum Gasteiger partial charge on any atom is 0.435 e. The van der Waals surface area contributed by atoms with Crippen molar-refractivity contribution in [3.8, 4) is 11.6 Å². The van der Waals surface area contributed by atoms with Crippen molar-refractivity contribution < 1.29 is 40.7 Å². The van der Waals surface area contributed by atoms with Crippen LogP contribution in [0.4, 0.5) is 32.0 Å². The van der Waals surface area contributed by atoms with E-state index >= 15 is 0 Å². The number of alkyl halides is 6. The molecule has 4 rings (SSSR count). The van der Waals surface area contributed by atoms with E-state index in [0.29, 0.717) is 16.8 Å². The lowest BCUT2D eigenvalue weighted by atomic mass is 10.0. The van der Waals surface area contributed by atoms with Crippen molar-refractivity contribution >= 4 is 40.0 Å². The molecule has 0 fully saturated rings. The zero-order chi connectivity index (χ0) is 28.7. The number of methoxy groups -OCH3 is 1. The summed E-state index contributed by atoms with van der Waals surface area (Å²) in [6, 6.07) is 5.85. The van der Waals surface area contributed by atoms with Crippen LogP contribution in [0.15, 0.2) is 42.6 Å². The molecule has 0 aliphatic heterocycles. The number of fused-ring (bicyclic) bond motifs is 1. The van der Waals surface area contributed by atoms with Gasteiger partial charge >= 0.3 is 12.4 Å². The smallest absolute Gasteiger partial charge is 0.435 e. The van der Waals surface area contributed by atoms with Crippen molar-refractivity contribution in [2.24, 2.45) is 0 Å². The van der Waals surface area contributed by atoms with Gasteiger partial charge in [-0.25, -0.2) is 14.6 Å². The highest BCUT2D eigenvalue weighted by Gasteiger charge is 2.37. The standard InChI is InChI=1S/C23H15ClF6N6O3/c1-31-20(37)11-8-13-10(5-6-15(33-13)22(25,26)27)18(39-2)17(11)34-21(38)14-9-16(23(28,29)30)35-36(14)19-12(24)4-3-7-32-19/h3-9H,1-2H3,(H,31,37)(H,34,38). The molecule has 204 valence electrons.